The van der Waals surface area contributed by atoms with Crippen molar-refractivity contribution in [3.8, 4) is 22.5 Å². The molecule has 13 aromatic rings. The molecular formula is C101H116BBrCl2N10O6P2PdS3. The van der Waals surface area contributed by atoms with E-state index in [4.69, 9.17) is 52.8 Å². The third-order valence-electron chi connectivity index (χ3n) is 25.1. The summed E-state index contributed by atoms with van der Waals surface area (Å²) in [7, 11) is 9.17. The number of nitrogens with zero attached hydrogens (tertiary/aromatic N) is 9. The number of nitrogens with one attached hydrogen (secondary N) is 1. The summed E-state index contributed by atoms with van der Waals surface area (Å²) < 4.78 is 52.1. The molecule has 5 fully saturated rings. The van der Waals surface area contributed by atoms with Crippen LogP contribution in [0.15, 0.2) is 287 Å². The molecule has 0 spiro atoms. The van der Waals surface area contributed by atoms with Gasteiger partial charge in [-0.15, -0.1) is 22.7 Å². The van der Waals surface area contributed by atoms with Gasteiger partial charge in [0.2, 0.25) is 0 Å². The summed E-state index contributed by atoms with van der Waals surface area (Å²) >= 11 is 6.85. The summed E-state index contributed by atoms with van der Waals surface area (Å²) in [5.74, 6) is 1.06. The van der Waals surface area contributed by atoms with E-state index in [2.05, 4.69) is 299 Å². The smallest absolute Gasteiger partial charge is 0.0134 e. The minimum Gasteiger partial charge on any atom is -0.0622 e. The van der Waals surface area contributed by atoms with Crippen molar-refractivity contribution in [2.24, 2.45) is 0 Å². The van der Waals surface area contributed by atoms with Crippen molar-refractivity contribution in [2.75, 3.05) is 92.9 Å². The number of ether oxygens (including phenoxy) is 2. The fourth-order valence-corrected chi connectivity index (χ4v) is 25.6. The largest absolute Gasteiger partial charge is 0.0622 e. The molecule has 668 valence electrons. The number of piperidine rings is 2. The van der Waals surface area contributed by atoms with Crippen LogP contribution in [0.3, 0.4) is 0 Å². The van der Waals surface area contributed by atoms with Gasteiger partial charge >= 0.3 is 42.1 Å². The summed E-state index contributed by atoms with van der Waals surface area (Å²) in [5, 5.41) is 17.0. The van der Waals surface area contributed by atoms with Gasteiger partial charge in [-0.1, -0.05) is 220 Å². The van der Waals surface area contributed by atoms with Gasteiger partial charge in [0, 0.05) is 112 Å². The Labute approximate surface area is 787 Å². The van der Waals surface area contributed by atoms with Crippen LogP contribution < -0.4 is 31.8 Å². The second kappa shape index (κ2) is 46.3. The number of rotatable bonds is 16. The molecule has 2 unspecified atom stereocenters. The number of benzene rings is 7. The first-order valence-corrected chi connectivity index (χ1v) is 54.4. The van der Waals surface area contributed by atoms with E-state index in [9.17, 15) is 8.42 Å². The minimum atomic E-state index is -3.78. The first-order chi connectivity index (χ1) is 61.4. The van der Waals surface area contributed by atoms with Crippen molar-refractivity contribution in [3.63, 3.8) is 0 Å². The van der Waals surface area contributed by atoms with Crippen molar-refractivity contribution >= 4 is 150 Å². The van der Waals surface area contributed by atoms with E-state index >= 15 is 0 Å². The van der Waals surface area contributed by atoms with Crippen molar-refractivity contribution in [2.45, 2.75) is 139 Å². The Bertz CT molecular complexity index is 5450. The van der Waals surface area contributed by atoms with E-state index in [1.165, 1.54) is 107 Å². The average molecular weight is 1990 g/mol. The maximum absolute atomic E-state index is 13.3. The van der Waals surface area contributed by atoms with Crippen LogP contribution in [-0.4, -0.2) is 180 Å². The molecule has 2 aliphatic carbocycles. The van der Waals surface area contributed by atoms with Crippen LogP contribution in [-0.2, 0) is 44.7 Å². The van der Waals surface area contributed by atoms with Crippen molar-refractivity contribution in [1.29, 1.82) is 0 Å². The van der Waals surface area contributed by atoms with E-state index in [1.54, 1.807) is 54.1 Å². The van der Waals surface area contributed by atoms with Gasteiger partial charge in [0.1, 0.15) is 5.65 Å². The molecule has 0 bridgehead atoms. The Morgan fingerprint density at radius 1 is 0.512 bits per heavy atom. The second-order valence-corrected chi connectivity index (χ2v) is 45.1. The van der Waals surface area contributed by atoms with Crippen LogP contribution >= 0.6 is 73.5 Å². The van der Waals surface area contributed by atoms with Crippen molar-refractivity contribution in [3.05, 3.63) is 298 Å². The molecule has 7 aliphatic rings. The van der Waals surface area contributed by atoms with Crippen LogP contribution in [0, 0.1) is 0 Å². The molecular weight excluding hydrogens is 1880 g/mol. The summed E-state index contributed by atoms with van der Waals surface area (Å²) in [6, 6.07) is 78.6. The molecule has 2 atom stereocenters. The molecule has 0 amide bonds. The van der Waals surface area contributed by atoms with Crippen molar-refractivity contribution in [1.82, 2.24) is 48.5 Å². The number of allylic oxidation sites excluding steroid dienone is 2. The first kappa shape index (κ1) is 96.0. The number of hydrogen-bond donors (Lipinski definition) is 1. The maximum atomic E-state index is 13.3. The van der Waals surface area contributed by atoms with Gasteiger partial charge in [0.25, 0.3) is 10.0 Å². The van der Waals surface area contributed by atoms with Crippen LogP contribution in [0.2, 0.25) is 0 Å². The molecule has 16 nitrogen and oxygen atoms in total. The minimum absolute atomic E-state index is 0. The molecule has 11 heterocycles. The maximum Gasteiger partial charge on any atom is -0.0134 e. The Hall–Kier alpha value is -7.06. The molecule has 5 saturated heterocycles. The van der Waals surface area contributed by atoms with Gasteiger partial charge in [-0.25, -0.2) is 32.3 Å². The zero-order chi connectivity index (χ0) is 87.4. The normalized spacial score (nSPS) is 18.9. The molecule has 20 rings (SSSR count). The fourth-order valence-electron chi connectivity index (χ4n) is 17.3. The second-order valence-electron chi connectivity index (χ2n) is 33.8. The summed E-state index contributed by atoms with van der Waals surface area (Å²) in [4.78, 5) is 32.7. The Morgan fingerprint density at radius 2 is 0.913 bits per heavy atom. The predicted octanol–water partition coefficient (Wildman–Crippen LogP) is 21.1. The summed E-state index contributed by atoms with van der Waals surface area (Å²) in [6.45, 7) is 20.8. The zero-order valence-corrected chi connectivity index (χ0v) is 81.4. The predicted molar refractivity (Wildman–Crippen MR) is 535 cm³/mol. The first-order valence-electron chi connectivity index (χ1n) is 43.7. The van der Waals surface area contributed by atoms with Crippen LogP contribution in [0.4, 0.5) is 0 Å². The van der Waals surface area contributed by atoms with Crippen molar-refractivity contribution < 1.29 is 43.1 Å². The number of H-pyrrole nitrogens is 1. The van der Waals surface area contributed by atoms with E-state index in [0.29, 0.717) is 29.6 Å². The van der Waals surface area contributed by atoms with Gasteiger partial charge in [-0.05, 0) is 237 Å². The number of morpholine rings is 2. The standard InChI is InChI=1S/C26H33N5OS.C22H21BrN4O2S2.2C18H15P.C16H28BNO3.CH4.2ClH.Pd/c1-30-8-6-19(7-9-30)26-29-24(17-33-26)23-16-28-25-22(23)14-20(15-27-25)18-2-4-21(5-3-18)31-10-12-32-13-11-31;1-26-9-7-15(8-10-26)22-25-20(14-30-22)19-13-27(21-18(19)11-16(23)12-24-21)31(28,29)17-5-3-2-4-6-17;2*1-4-10-16(11-5-1)19(17-12-6-2-7-13-17)18-14-8-3-9-15-18;1-15(2)16(3,4)21-17(20-15)13-5-7-14(8-6-13)18-9-11-19-12-10-18;;;;/h2,14-17,19,21H,3-13H2,1H3,(H,27,28);2-6,11-15H,7-10H2,1H3;2*1-15H;5,14H,6-12H2,1-4H3;1H4;2*1H;/q;;;;;;;;+2/p-2. The third-order valence-corrected chi connectivity index (χ3v) is 34.1. The molecule has 7 aromatic carbocycles. The molecule has 0 radical (unpaired) electrons. The topological polar surface area (TPSA) is 156 Å². The van der Waals surface area contributed by atoms with Gasteiger partial charge in [-0.3, -0.25) is 9.80 Å². The SMILES string of the molecule is C.CC1(C)OB(C2=CCC(N3CCOCC3)CC2)OC1(C)C.CN1CCC(c2nc(-c3c[nH]c4ncc(C5=CCC(N6CCOCC6)CC5)cc34)cs2)CC1.CN1CCC(c2nc(-c3cn(S(=O)(=O)c4ccccc4)c4ncc(Br)cc34)cs2)CC1.[Cl][Pd][Cl].c1ccc(P(c2ccccc2)c2ccccc2)cc1.c1ccc(P(c2ccccc2)c2ccccc2)cc1. The molecule has 1 N–H and O–H groups in total. The summed E-state index contributed by atoms with van der Waals surface area (Å²) in [6.07, 6.45) is 23.7. The number of hydrogen-bond acceptors (Lipinski definition) is 16. The van der Waals surface area contributed by atoms with Gasteiger partial charge in [0.05, 0.1) is 63.9 Å². The Morgan fingerprint density at radius 3 is 1.31 bits per heavy atom. The van der Waals surface area contributed by atoms with Crippen LogP contribution in [0.1, 0.15) is 127 Å². The quantitative estimate of drug-likeness (QED) is 0.0720. The third kappa shape index (κ3) is 24.6. The number of likely N-dealkylation sites (tertiary alicyclic amines) is 2. The number of halogens is 3. The number of thiazole rings is 2. The number of aromatic nitrogens is 6. The Kier molecular flexibility index (Phi) is 35.0. The van der Waals surface area contributed by atoms with E-state index in [0.717, 1.165) is 142 Å². The molecule has 5 aliphatic heterocycles. The van der Waals surface area contributed by atoms with Gasteiger partial charge in [0.15, 0.2) is 5.65 Å². The summed E-state index contributed by atoms with van der Waals surface area (Å²) in [5.41, 5.74) is 8.74. The number of fused-ring (bicyclic) bond motifs is 2. The number of pyridine rings is 2. The zero-order valence-electron chi connectivity index (χ0n) is 72.5. The van der Waals surface area contributed by atoms with E-state index < -0.39 is 25.9 Å². The molecule has 0 saturated carbocycles. The average Bonchev–Trinajstić information content (AvgIpc) is 1.59. The van der Waals surface area contributed by atoms with Crippen LogP contribution in [0.5, 0.6) is 0 Å². The molecule has 127 heavy (non-hydrogen) atoms. The molecule has 26 heteroatoms. The van der Waals surface area contributed by atoms with Crippen LogP contribution in [0.25, 0.3) is 50.2 Å². The Balaban J connectivity index is 0.000000130. The van der Waals surface area contributed by atoms with E-state index in [-0.39, 0.29) is 46.6 Å². The van der Waals surface area contributed by atoms with Gasteiger partial charge < -0.3 is 33.6 Å². The van der Waals surface area contributed by atoms with E-state index in [1.807, 2.05) is 29.0 Å². The molecule has 6 aromatic heterocycles. The fraction of sp³-hybridized carbons (Fsp3) is 0.347. The monoisotopic (exact) mass is 1990 g/mol. The van der Waals surface area contributed by atoms with Gasteiger partial charge in [-0.2, -0.15) is 0 Å². The number of aromatic amines is 1.